The third kappa shape index (κ3) is 4.16. The summed E-state index contributed by atoms with van der Waals surface area (Å²) in [6.07, 6.45) is 0. The van der Waals surface area contributed by atoms with Gasteiger partial charge in [0.05, 0.1) is 0 Å². The van der Waals surface area contributed by atoms with Crippen LogP contribution in [0.15, 0.2) is 182 Å². The van der Waals surface area contributed by atoms with Gasteiger partial charge in [-0.15, -0.1) is 0 Å². The third-order valence-electron chi connectivity index (χ3n) is 10.2. The first-order valence-corrected chi connectivity index (χ1v) is 16.7. The van der Waals surface area contributed by atoms with E-state index in [4.69, 9.17) is 0 Å². The Labute approximate surface area is 279 Å². The molecule has 0 radical (unpaired) electrons. The highest BCUT2D eigenvalue weighted by Crippen LogP contribution is 2.45. The van der Waals surface area contributed by atoms with E-state index >= 15 is 0 Å². The summed E-state index contributed by atoms with van der Waals surface area (Å²) in [5.74, 6) is 0. The number of hydrogen-bond donors (Lipinski definition) is 0. The van der Waals surface area contributed by atoms with Gasteiger partial charge in [-0.25, -0.2) is 0 Å². The molecule has 0 bridgehead atoms. The van der Waals surface area contributed by atoms with Crippen LogP contribution in [-0.4, -0.2) is 0 Å². The summed E-state index contributed by atoms with van der Waals surface area (Å²) in [4.78, 5) is 0. The predicted molar refractivity (Wildman–Crippen MR) is 208 cm³/mol. The molecular formula is C48H30. The number of benzene rings is 10. The van der Waals surface area contributed by atoms with E-state index in [-0.39, 0.29) is 0 Å². The average molecular weight is 607 g/mol. The summed E-state index contributed by atoms with van der Waals surface area (Å²) >= 11 is 0. The third-order valence-corrected chi connectivity index (χ3v) is 10.2. The second kappa shape index (κ2) is 10.7. The van der Waals surface area contributed by atoms with E-state index < -0.39 is 0 Å². The Hall–Kier alpha value is -6.24. The van der Waals surface area contributed by atoms with Crippen molar-refractivity contribution in [3.05, 3.63) is 182 Å². The lowest BCUT2D eigenvalue weighted by Crippen LogP contribution is -1.91. The van der Waals surface area contributed by atoms with Gasteiger partial charge in [-0.05, 0) is 116 Å². The largest absolute Gasteiger partial charge is 0.0616 e. The molecule has 0 nitrogen and oxygen atoms in total. The van der Waals surface area contributed by atoms with Crippen molar-refractivity contribution in [2.75, 3.05) is 0 Å². The predicted octanol–water partition coefficient (Wildman–Crippen LogP) is 13.6. The van der Waals surface area contributed by atoms with Crippen molar-refractivity contribution >= 4 is 64.6 Å². The zero-order valence-electron chi connectivity index (χ0n) is 26.3. The van der Waals surface area contributed by atoms with Crippen molar-refractivity contribution in [1.29, 1.82) is 0 Å². The van der Waals surface area contributed by atoms with E-state index in [0.717, 1.165) is 0 Å². The van der Waals surface area contributed by atoms with Gasteiger partial charge < -0.3 is 0 Å². The maximum Gasteiger partial charge on any atom is -0.00262 e. The summed E-state index contributed by atoms with van der Waals surface area (Å²) in [5, 5.41) is 15.3. The molecule has 10 aromatic rings. The maximum absolute atomic E-state index is 2.39. The molecule has 0 heterocycles. The van der Waals surface area contributed by atoms with Crippen LogP contribution in [0.25, 0.3) is 98.0 Å². The van der Waals surface area contributed by atoms with Crippen molar-refractivity contribution in [3.8, 4) is 33.4 Å². The van der Waals surface area contributed by atoms with Gasteiger partial charge in [0.25, 0.3) is 0 Å². The zero-order chi connectivity index (χ0) is 31.6. The Morgan fingerprint density at radius 2 is 0.688 bits per heavy atom. The number of rotatable bonds is 3. The molecule has 0 amide bonds. The molecule has 0 N–H and O–H groups in total. The topological polar surface area (TPSA) is 0 Å². The molecular weight excluding hydrogens is 577 g/mol. The lowest BCUT2D eigenvalue weighted by molar-refractivity contribution is 1.63. The highest BCUT2D eigenvalue weighted by Gasteiger charge is 2.17. The molecule has 0 spiro atoms. The van der Waals surface area contributed by atoms with Gasteiger partial charge in [0.15, 0.2) is 0 Å². The van der Waals surface area contributed by atoms with Gasteiger partial charge in [-0.3, -0.25) is 0 Å². The first-order chi connectivity index (χ1) is 23.8. The van der Waals surface area contributed by atoms with Crippen molar-refractivity contribution < 1.29 is 0 Å². The van der Waals surface area contributed by atoms with Crippen molar-refractivity contribution in [1.82, 2.24) is 0 Å². The van der Waals surface area contributed by atoms with Gasteiger partial charge in [-0.2, -0.15) is 0 Å². The van der Waals surface area contributed by atoms with E-state index in [1.165, 1.54) is 98.0 Å². The fraction of sp³-hybridized carbons (Fsp3) is 0. The zero-order valence-corrected chi connectivity index (χ0v) is 26.3. The monoisotopic (exact) mass is 606 g/mol. The van der Waals surface area contributed by atoms with Gasteiger partial charge in [-0.1, -0.05) is 164 Å². The van der Waals surface area contributed by atoms with Gasteiger partial charge in [0, 0.05) is 0 Å². The lowest BCUT2D eigenvalue weighted by Gasteiger charge is -2.18. The standard InChI is InChI=1S/C48H30/c1-3-13-39-31(10-1)12-9-19-40(39)33-20-23-34(24-21-33)47-42-15-5-7-17-44(42)48(45-18-8-6-16-43(45)47)37-27-25-35-30-46-36(28-38(35)29-37)26-22-32-11-2-4-14-41(32)46/h1-30H. The van der Waals surface area contributed by atoms with E-state index in [2.05, 4.69) is 182 Å². The van der Waals surface area contributed by atoms with Crippen LogP contribution in [0.2, 0.25) is 0 Å². The normalized spacial score (nSPS) is 11.8. The Morgan fingerprint density at radius 1 is 0.208 bits per heavy atom. The summed E-state index contributed by atoms with van der Waals surface area (Å²) in [7, 11) is 0. The molecule has 10 rings (SSSR count). The fourth-order valence-electron chi connectivity index (χ4n) is 7.95. The van der Waals surface area contributed by atoms with Crippen LogP contribution in [-0.2, 0) is 0 Å². The van der Waals surface area contributed by atoms with Crippen LogP contribution in [0.3, 0.4) is 0 Å². The van der Waals surface area contributed by atoms with E-state index in [0.29, 0.717) is 0 Å². The Morgan fingerprint density at radius 3 is 1.38 bits per heavy atom. The smallest absolute Gasteiger partial charge is 0.00262 e. The van der Waals surface area contributed by atoms with E-state index in [9.17, 15) is 0 Å². The van der Waals surface area contributed by atoms with Crippen molar-refractivity contribution in [2.24, 2.45) is 0 Å². The highest BCUT2D eigenvalue weighted by atomic mass is 14.2. The average Bonchev–Trinajstić information content (AvgIpc) is 3.16. The molecule has 0 heteroatoms. The molecule has 0 saturated heterocycles. The summed E-state index contributed by atoms with van der Waals surface area (Å²) in [6.45, 7) is 0. The molecule has 0 aliphatic heterocycles. The number of fused-ring (bicyclic) bond motifs is 7. The summed E-state index contributed by atoms with van der Waals surface area (Å²) < 4.78 is 0. The molecule has 0 fully saturated rings. The molecule has 0 atom stereocenters. The van der Waals surface area contributed by atoms with Crippen LogP contribution in [0.1, 0.15) is 0 Å². The second-order valence-electron chi connectivity index (χ2n) is 12.9. The highest BCUT2D eigenvalue weighted by molar-refractivity contribution is 6.22. The molecule has 10 aromatic carbocycles. The fourth-order valence-corrected chi connectivity index (χ4v) is 7.95. The van der Waals surface area contributed by atoms with Crippen LogP contribution < -0.4 is 0 Å². The molecule has 0 aromatic heterocycles. The van der Waals surface area contributed by atoms with Crippen molar-refractivity contribution in [3.63, 3.8) is 0 Å². The lowest BCUT2D eigenvalue weighted by atomic mass is 9.85. The molecule has 0 saturated carbocycles. The number of hydrogen-bond acceptors (Lipinski definition) is 0. The maximum atomic E-state index is 2.39. The van der Waals surface area contributed by atoms with Crippen LogP contribution in [0, 0.1) is 0 Å². The molecule has 222 valence electrons. The van der Waals surface area contributed by atoms with E-state index in [1.54, 1.807) is 0 Å². The summed E-state index contributed by atoms with van der Waals surface area (Å²) in [6, 6.07) is 67.1. The van der Waals surface area contributed by atoms with Crippen LogP contribution >= 0.6 is 0 Å². The summed E-state index contributed by atoms with van der Waals surface area (Å²) in [5.41, 5.74) is 7.55. The minimum Gasteiger partial charge on any atom is -0.0616 e. The quantitative estimate of drug-likeness (QED) is 0.139. The van der Waals surface area contributed by atoms with Gasteiger partial charge >= 0.3 is 0 Å². The second-order valence-corrected chi connectivity index (χ2v) is 12.9. The molecule has 0 aliphatic carbocycles. The minimum absolute atomic E-state index is 1.23. The first kappa shape index (κ1) is 26.9. The van der Waals surface area contributed by atoms with Gasteiger partial charge in [0.1, 0.15) is 0 Å². The molecule has 0 aliphatic rings. The van der Waals surface area contributed by atoms with E-state index in [1.807, 2.05) is 0 Å². The SMILES string of the molecule is c1ccc2c(-c3ccc(-c4c5ccccc5c(-c5ccc6cc7c(ccc8ccccc87)cc6c5)c5ccccc45)cc3)cccc2c1. The van der Waals surface area contributed by atoms with Crippen LogP contribution in [0.5, 0.6) is 0 Å². The Bertz CT molecular complexity index is 2810. The first-order valence-electron chi connectivity index (χ1n) is 16.7. The Kier molecular flexibility index (Phi) is 5.98. The minimum atomic E-state index is 1.23. The van der Waals surface area contributed by atoms with Crippen molar-refractivity contribution in [2.45, 2.75) is 0 Å². The molecule has 48 heavy (non-hydrogen) atoms. The van der Waals surface area contributed by atoms with Crippen LogP contribution in [0.4, 0.5) is 0 Å². The molecule has 0 unspecified atom stereocenters. The Balaban J connectivity index is 1.17. The van der Waals surface area contributed by atoms with Gasteiger partial charge in [0.2, 0.25) is 0 Å².